The van der Waals surface area contributed by atoms with Crippen LogP contribution in [0.3, 0.4) is 0 Å². The third-order valence-electron chi connectivity index (χ3n) is 4.64. The Hall–Kier alpha value is -2.73. The van der Waals surface area contributed by atoms with Crippen LogP contribution >= 0.6 is 11.3 Å². The second kappa shape index (κ2) is 7.25. The molecule has 4 rings (SSSR count). The summed E-state index contributed by atoms with van der Waals surface area (Å²) in [5.74, 6) is -0.648. The molecule has 132 valence electrons. The molecule has 0 bridgehead atoms. The van der Waals surface area contributed by atoms with Crippen LogP contribution in [-0.2, 0) is 12.8 Å². The van der Waals surface area contributed by atoms with Gasteiger partial charge in [0.1, 0.15) is 0 Å². The third-order valence-corrected chi connectivity index (χ3v) is 5.87. The van der Waals surface area contributed by atoms with Crippen LogP contribution in [0.15, 0.2) is 42.6 Å². The number of thiophene rings is 1. The Morgan fingerprint density at radius 3 is 2.69 bits per heavy atom. The molecular formula is C20H19N3O2S. The molecule has 0 aliphatic heterocycles. The van der Waals surface area contributed by atoms with Crippen LogP contribution in [0.25, 0.3) is 10.9 Å². The van der Waals surface area contributed by atoms with Crippen LogP contribution in [0.4, 0.5) is 0 Å². The molecular weight excluding hydrogens is 346 g/mol. The number of fused-ring (bicyclic) bond motifs is 2. The van der Waals surface area contributed by atoms with Crippen molar-refractivity contribution >= 4 is 34.1 Å². The molecule has 0 radical (unpaired) electrons. The molecule has 2 aromatic heterocycles. The van der Waals surface area contributed by atoms with Crippen molar-refractivity contribution in [3.8, 4) is 0 Å². The number of hydrogen-bond donors (Lipinski definition) is 2. The van der Waals surface area contributed by atoms with Gasteiger partial charge >= 0.3 is 0 Å². The van der Waals surface area contributed by atoms with Gasteiger partial charge in [-0.3, -0.25) is 25.4 Å². The summed E-state index contributed by atoms with van der Waals surface area (Å²) in [6.45, 7) is 0. The number of amides is 2. The second-order valence-electron chi connectivity index (χ2n) is 6.41. The normalized spacial score (nSPS) is 13.7. The molecule has 26 heavy (non-hydrogen) atoms. The number of aromatic nitrogens is 1. The summed E-state index contributed by atoms with van der Waals surface area (Å²) in [5, 5.41) is 0.883. The zero-order chi connectivity index (χ0) is 17.9. The number of para-hydroxylation sites is 1. The smallest absolute Gasteiger partial charge is 0.267 e. The van der Waals surface area contributed by atoms with E-state index in [9.17, 15) is 9.59 Å². The van der Waals surface area contributed by atoms with Gasteiger partial charge in [0.2, 0.25) is 0 Å². The van der Waals surface area contributed by atoms with Crippen molar-refractivity contribution in [3.63, 3.8) is 0 Å². The number of carbonyl (C=O) groups excluding carboxylic acids is 2. The molecule has 0 saturated carbocycles. The lowest BCUT2D eigenvalue weighted by molar-refractivity contribution is 0.0849. The maximum atomic E-state index is 12.5. The van der Waals surface area contributed by atoms with E-state index in [0.717, 1.165) is 18.2 Å². The van der Waals surface area contributed by atoms with Gasteiger partial charge in [0.05, 0.1) is 16.0 Å². The van der Waals surface area contributed by atoms with E-state index < -0.39 is 0 Å². The van der Waals surface area contributed by atoms with E-state index >= 15 is 0 Å². The summed E-state index contributed by atoms with van der Waals surface area (Å²) >= 11 is 1.53. The molecule has 0 fully saturated rings. The SMILES string of the molecule is O=C(NNC(=O)c1cccc2cccnc12)c1cc2c(s1)CCCCC2. The van der Waals surface area contributed by atoms with Crippen molar-refractivity contribution in [1.29, 1.82) is 0 Å². The minimum Gasteiger partial charge on any atom is -0.267 e. The number of benzene rings is 1. The Bertz CT molecular complexity index is 951. The van der Waals surface area contributed by atoms with Crippen LogP contribution < -0.4 is 10.9 Å². The van der Waals surface area contributed by atoms with E-state index in [1.165, 1.54) is 41.0 Å². The summed E-state index contributed by atoms with van der Waals surface area (Å²) in [4.78, 5) is 31.1. The topological polar surface area (TPSA) is 71.1 Å². The third kappa shape index (κ3) is 3.32. The van der Waals surface area contributed by atoms with Crippen molar-refractivity contribution < 1.29 is 9.59 Å². The van der Waals surface area contributed by atoms with E-state index in [1.54, 1.807) is 18.3 Å². The van der Waals surface area contributed by atoms with Gasteiger partial charge in [-0.2, -0.15) is 0 Å². The van der Waals surface area contributed by atoms with Gasteiger partial charge < -0.3 is 0 Å². The van der Waals surface area contributed by atoms with Gasteiger partial charge in [0, 0.05) is 16.5 Å². The van der Waals surface area contributed by atoms with Crippen molar-refractivity contribution in [2.75, 3.05) is 0 Å². The first-order valence-corrected chi connectivity index (χ1v) is 9.60. The van der Waals surface area contributed by atoms with Crippen LogP contribution in [-0.4, -0.2) is 16.8 Å². The number of hydrazine groups is 1. The van der Waals surface area contributed by atoms with Gasteiger partial charge in [-0.15, -0.1) is 11.3 Å². The van der Waals surface area contributed by atoms with Crippen LogP contribution in [0, 0.1) is 0 Å². The molecule has 0 saturated heterocycles. The standard InChI is InChI=1S/C20H19N3O2S/c24-19(15-9-4-7-13-8-5-11-21-18(13)15)22-23-20(25)17-12-14-6-2-1-3-10-16(14)26-17/h4-5,7-9,11-12H,1-3,6,10H2,(H,22,24)(H,23,25). The number of nitrogens with zero attached hydrogens (tertiary/aromatic N) is 1. The lowest BCUT2D eigenvalue weighted by atomic mass is 10.1. The Labute approximate surface area is 155 Å². The van der Waals surface area contributed by atoms with Gasteiger partial charge in [0.15, 0.2) is 0 Å². The molecule has 2 amide bonds. The molecule has 3 aromatic rings. The number of pyridine rings is 1. The van der Waals surface area contributed by atoms with E-state index in [2.05, 4.69) is 15.8 Å². The lowest BCUT2D eigenvalue weighted by Gasteiger charge is -2.08. The summed E-state index contributed by atoms with van der Waals surface area (Å²) in [5.41, 5.74) is 7.37. The lowest BCUT2D eigenvalue weighted by Crippen LogP contribution is -2.41. The summed E-state index contributed by atoms with van der Waals surface area (Å²) in [6.07, 6.45) is 7.33. The quantitative estimate of drug-likeness (QED) is 0.538. The van der Waals surface area contributed by atoms with Crippen LogP contribution in [0.1, 0.15) is 49.7 Å². The number of hydrogen-bond acceptors (Lipinski definition) is 4. The minimum absolute atomic E-state index is 0.274. The highest BCUT2D eigenvalue weighted by Gasteiger charge is 2.17. The molecule has 6 heteroatoms. The monoisotopic (exact) mass is 365 g/mol. The van der Waals surface area contributed by atoms with Crippen molar-refractivity contribution in [2.24, 2.45) is 0 Å². The average Bonchev–Trinajstić information content (AvgIpc) is 2.96. The fourth-order valence-electron chi connectivity index (χ4n) is 3.31. The molecule has 0 atom stereocenters. The fourth-order valence-corrected chi connectivity index (χ4v) is 4.46. The maximum absolute atomic E-state index is 12.5. The van der Waals surface area contributed by atoms with E-state index in [4.69, 9.17) is 0 Å². The van der Waals surface area contributed by atoms with Crippen molar-refractivity contribution in [2.45, 2.75) is 32.1 Å². The van der Waals surface area contributed by atoms with Gasteiger partial charge in [-0.25, -0.2) is 0 Å². The fraction of sp³-hybridized carbons (Fsp3) is 0.250. The predicted molar refractivity (Wildman–Crippen MR) is 102 cm³/mol. The van der Waals surface area contributed by atoms with Crippen molar-refractivity contribution in [3.05, 3.63) is 63.5 Å². The molecule has 0 spiro atoms. The Kier molecular flexibility index (Phi) is 4.67. The van der Waals surface area contributed by atoms with Gasteiger partial charge in [-0.1, -0.05) is 24.6 Å². The van der Waals surface area contributed by atoms with E-state index in [0.29, 0.717) is 16.0 Å². The largest absolute Gasteiger partial charge is 0.279 e. The van der Waals surface area contributed by atoms with E-state index in [1.807, 2.05) is 24.3 Å². The number of carbonyl (C=O) groups is 2. The molecule has 5 nitrogen and oxygen atoms in total. The summed E-state index contributed by atoms with van der Waals surface area (Å²) in [6, 6.07) is 11.1. The molecule has 1 aliphatic rings. The summed E-state index contributed by atoms with van der Waals surface area (Å²) < 4.78 is 0. The first-order chi connectivity index (χ1) is 12.7. The Morgan fingerprint density at radius 1 is 0.962 bits per heavy atom. The molecule has 2 heterocycles. The maximum Gasteiger partial charge on any atom is 0.279 e. The molecule has 1 aliphatic carbocycles. The highest BCUT2D eigenvalue weighted by molar-refractivity contribution is 7.14. The number of nitrogens with one attached hydrogen (secondary N) is 2. The Balaban J connectivity index is 1.46. The van der Waals surface area contributed by atoms with Gasteiger partial charge in [-0.05, 0) is 49.4 Å². The number of aryl methyl sites for hydroxylation is 2. The molecule has 2 N–H and O–H groups in total. The highest BCUT2D eigenvalue weighted by atomic mass is 32.1. The average molecular weight is 365 g/mol. The molecule has 0 unspecified atom stereocenters. The Morgan fingerprint density at radius 2 is 1.77 bits per heavy atom. The van der Waals surface area contributed by atoms with E-state index in [-0.39, 0.29) is 11.8 Å². The number of rotatable bonds is 2. The van der Waals surface area contributed by atoms with Gasteiger partial charge in [0.25, 0.3) is 11.8 Å². The van der Waals surface area contributed by atoms with Crippen molar-refractivity contribution in [1.82, 2.24) is 15.8 Å². The predicted octanol–water partition coefficient (Wildman–Crippen LogP) is 3.64. The summed E-state index contributed by atoms with van der Waals surface area (Å²) in [7, 11) is 0. The first-order valence-electron chi connectivity index (χ1n) is 8.78. The first kappa shape index (κ1) is 16.7. The van der Waals surface area contributed by atoms with Crippen LogP contribution in [0.5, 0.6) is 0 Å². The minimum atomic E-state index is -0.374. The zero-order valence-electron chi connectivity index (χ0n) is 14.2. The highest BCUT2D eigenvalue weighted by Crippen LogP contribution is 2.28. The van der Waals surface area contributed by atoms with Crippen LogP contribution in [0.2, 0.25) is 0 Å². The zero-order valence-corrected chi connectivity index (χ0v) is 15.1. The second-order valence-corrected chi connectivity index (χ2v) is 7.55. The molecule has 1 aromatic carbocycles.